The van der Waals surface area contributed by atoms with Gasteiger partial charge in [-0.05, 0) is 57.9 Å². The number of methoxy groups -OCH3 is 1. The van der Waals surface area contributed by atoms with Crippen molar-refractivity contribution in [3.05, 3.63) is 24.3 Å². The minimum atomic E-state index is -1.32. The standard InChI is InChI=1S/C18H26N2O5/c1-17(2,3)25-16(23)20-11-5-10-18(20,12-21)15(22)19-13-6-8-14(24-4)9-7-13/h6-9,21H,5,10-12H2,1-4H3,(H,19,22). The zero-order valence-corrected chi connectivity index (χ0v) is 15.2. The molecule has 1 aromatic carbocycles. The smallest absolute Gasteiger partial charge is 0.411 e. The topological polar surface area (TPSA) is 88.1 Å². The molecular formula is C18H26N2O5. The van der Waals surface area contributed by atoms with E-state index >= 15 is 0 Å². The number of aliphatic hydroxyl groups is 1. The first-order valence-electron chi connectivity index (χ1n) is 8.29. The van der Waals surface area contributed by atoms with E-state index in [1.54, 1.807) is 52.1 Å². The fourth-order valence-corrected chi connectivity index (χ4v) is 2.86. The normalized spacial score (nSPS) is 20.3. The Morgan fingerprint density at radius 3 is 2.44 bits per heavy atom. The Morgan fingerprint density at radius 2 is 1.92 bits per heavy atom. The van der Waals surface area contributed by atoms with Crippen LogP contribution in [-0.4, -0.2) is 53.4 Å². The van der Waals surface area contributed by atoms with Gasteiger partial charge in [-0.25, -0.2) is 4.79 Å². The molecule has 1 aromatic rings. The highest BCUT2D eigenvalue weighted by molar-refractivity contribution is 6.00. The van der Waals surface area contributed by atoms with Crippen LogP contribution >= 0.6 is 0 Å². The summed E-state index contributed by atoms with van der Waals surface area (Å²) in [4.78, 5) is 26.7. The molecule has 1 aliphatic rings. The van der Waals surface area contributed by atoms with Gasteiger partial charge in [0.25, 0.3) is 5.91 Å². The van der Waals surface area contributed by atoms with Crippen molar-refractivity contribution in [1.82, 2.24) is 4.90 Å². The van der Waals surface area contributed by atoms with Gasteiger partial charge >= 0.3 is 6.09 Å². The number of amides is 2. The molecule has 0 aromatic heterocycles. The summed E-state index contributed by atoms with van der Waals surface area (Å²) < 4.78 is 10.5. The number of ether oxygens (including phenoxy) is 2. The number of hydrogen-bond donors (Lipinski definition) is 2. The Morgan fingerprint density at radius 1 is 1.28 bits per heavy atom. The highest BCUT2D eigenvalue weighted by Crippen LogP contribution is 2.32. The molecule has 138 valence electrons. The van der Waals surface area contributed by atoms with Crippen LogP contribution in [-0.2, 0) is 9.53 Å². The van der Waals surface area contributed by atoms with E-state index in [9.17, 15) is 14.7 Å². The zero-order chi connectivity index (χ0) is 18.7. The molecule has 1 unspecified atom stereocenters. The van der Waals surface area contributed by atoms with Crippen LogP contribution in [0.5, 0.6) is 5.75 Å². The first kappa shape index (κ1) is 19.1. The second-order valence-corrected chi connectivity index (χ2v) is 7.11. The average molecular weight is 350 g/mol. The van der Waals surface area contributed by atoms with Gasteiger partial charge in [0.2, 0.25) is 0 Å². The lowest BCUT2D eigenvalue weighted by molar-refractivity contribution is -0.128. The van der Waals surface area contributed by atoms with E-state index in [0.717, 1.165) is 0 Å². The second kappa shape index (κ2) is 7.31. The quantitative estimate of drug-likeness (QED) is 0.870. The third kappa shape index (κ3) is 4.22. The molecule has 1 atom stereocenters. The number of carbonyl (C=O) groups excluding carboxylic acids is 2. The molecule has 1 fully saturated rings. The summed E-state index contributed by atoms with van der Waals surface area (Å²) in [5, 5.41) is 12.7. The predicted molar refractivity (Wildman–Crippen MR) is 93.6 cm³/mol. The van der Waals surface area contributed by atoms with Gasteiger partial charge in [-0.1, -0.05) is 0 Å². The monoisotopic (exact) mass is 350 g/mol. The molecule has 0 saturated carbocycles. The van der Waals surface area contributed by atoms with E-state index in [0.29, 0.717) is 30.8 Å². The number of benzene rings is 1. The van der Waals surface area contributed by atoms with E-state index in [2.05, 4.69) is 5.32 Å². The number of rotatable bonds is 4. The highest BCUT2D eigenvalue weighted by atomic mass is 16.6. The SMILES string of the molecule is COc1ccc(NC(=O)C2(CO)CCCN2C(=O)OC(C)(C)C)cc1. The van der Waals surface area contributed by atoms with Crippen molar-refractivity contribution in [2.24, 2.45) is 0 Å². The van der Waals surface area contributed by atoms with E-state index in [1.807, 2.05) is 0 Å². The van der Waals surface area contributed by atoms with Crippen LogP contribution in [0.25, 0.3) is 0 Å². The molecule has 0 spiro atoms. The first-order valence-corrected chi connectivity index (χ1v) is 8.29. The molecule has 25 heavy (non-hydrogen) atoms. The molecule has 2 rings (SSSR count). The number of nitrogens with zero attached hydrogens (tertiary/aromatic N) is 1. The zero-order valence-electron chi connectivity index (χ0n) is 15.2. The lowest BCUT2D eigenvalue weighted by atomic mass is 9.96. The largest absolute Gasteiger partial charge is 0.497 e. The minimum Gasteiger partial charge on any atom is -0.497 e. The third-order valence-corrected chi connectivity index (χ3v) is 4.13. The van der Waals surface area contributed by atoms with Gasteiger partial charge in [0.05, 0.1) is 13.7 Å². The predicted octanol–water partition coefficient (Wildman–Crippen LogP) is 2.40. The van der Waals surface area contributed by atoms with Crippen molar-refractivity contribution >= 4 is 17.7 Å². The lowest BCUT2D eigenvalue weighted by Gasteiger charge is -2.36. The minimum absolute atomic E-state index is 0.367. The molecule has 1 saturated heterocycles. The van der Waals surface area contributed by atoms with E-state index < -0.39 is 29.7 Å². The van der Waals surface area contributed by atoms with Crippen molar-refractivity contribution in [2.75, 3.05) is 25.6 Å². The molecule has 1 heterocycles. The molecule has 0 bridgehead atoms. The molecule has 2 N–H and O–H groups in total. The van der Waals surface area contributed by atoms with Gasteiger partial charge in [-0.15, -0.1) is 0 Å². The summed E-state index contributed by atoms with van der Waals surface area (Å²) >= 11 is 0. The van der Waals surface area contributed by atoms with Gasteiger partial charge in [-0.3, -0.25) is 9.69 Å². The van der Waals surface area contributed by atoms with Crippen molar-refractivity contribution in [1.29, 1.82) is 0 Å². The fourth-order valence-electron chi connectivity index (χ4n) is 2.86. The molecule has 7 heteroatoms. The Labute approximate surface area is 147 Å². The Hall–Kier alpha value is -2.28. The average Bonchev–Trinajstić information content (AvgIpc) is 2.99. The number of carbonyl (C=O) groups is 2. The summed E-state index contributed by atoms with van der Waals surface area (Å²) in [6, 6.07) is 6.85. The fraction of sp³-hybridized carbons (Fsp3) is 0.556. The van der Waals surface area contributed by atoms with Crippen molar-refractivity contribution < 1.29 is 24.2 Å². The van der Waals surface area contributed by atoms with Gasteiger partial charge < -0.3 is 19.9 Å². The number of anilines is 1. The summed E-state index contributed by atoms with van der Waals surface area (Å²) in [6.07, 6.45) is 0.407. The van der Waals surface area contributed by atoms with Crippen LogP contribution < -0.4 is 10.1 Å². The third-order valence-electron chi connectivity index (χ3n) is 4.13. The van der Waals surface area contributed by atoms with Crippen LogP contribution in [0.15, 0.2) is 24.3 Å². The van der Waals surface area contributed by atoms with Crippen LogP contribution in [0.3, 0.4) is 0 Å². The van der Waals surface area contributed by atoms with E-state index in [1.165, 1.54) is 4.90 Å². The van der Waals surface area contributed by atoms with Crippen LogP contribution in [0.1, 0.15) is 33.6 Å². The second-order valence-electron chi connectivity index (χ2n) is 7.11. The number of nitrogens with one attached hydrogen (secondary N) is 1. The van der Waals surface area contributed by atoms with E-state index in [-0.39, 0.29) is 0 Å². The maximum atomic E-state index is 12.9. The highest BCUT2D eigenvalue weighted by Gasteiger charge is 2.50. The van der Waals surface area contributed by atoms with Gasteiger partial charge in [0.1, 0.15) is 16.9 Å². The van der Waals surface area contributed by atoms with E-state index in [4.69, 9.17) is 9.47 Å². The maximum absolute atomic E-state index is 12.9. The van der Waals surface area contributed by atoms with Crippen LogP contribution in [0, 0.1) is 0 Å². The molecular weight excluding hydrogens is 324 g/mol. The van der Waals surface area contributed by atoms with Gasteiger partial charge in [0, 0.05) is 12.2 Å². The lowest BCUT2D eigenvalue weighted by Crippen LogP contribution is -2.58. The maximum Gasteiger partial charge on any atom is 0.411 e. The Bertz CT molecular complexity index is 623. The molecule has 0 radical (unpaired) electrons. The molecule has 0 aliphatic carbocycles. The first-order chi connectivity index (χ1) is 11.7. The van der Waals surface area contributed by atoms with Crippen LogP contribution in [0.2, 0.25) is 0 Å². The van der Waals surface area contributed by atoms with Gasteiger partial charge in [0.15, 0.2) is 0 Å². The summed E-state index contributed by atoms with van der Waals surface area (Å²) in [5.74, 6) is 0.245. The number of aliphatic hydroxyl groups excluding tert-OH is 1. The number of hydrogen-bond acceptors (Lipinski definition) is 5. The van der Waals surface area contributed by atoms with Gasteiger partial charge in [-0.2, -0.15) is 0 Å². The molecule has 2 amide bonds. The van der Waals surface area contributed by atoms with Crippen LogP contribution in [0.4, 0.5) is 10.5 Å². The molecule has 1 aliphatic heterocycles. The Kier molecular flexibility index (Phi) is 5.57. The summed E-state index contributed by atoms with van der Waals surface area (Å²) in [5.41, 5.74) is -1.43. The molecule has 7 nitrogen and oxygen atoms in total. The van der Waals surface area contributed by atoms with Crippen molar-refractivity contribution in [3.63, 3.8) is 0 Å². The Balaban J connectivity index is 2.18. The summed E-state index contributed by atoms with van der Waals surface area (Å²) in [6.45, 7) is 5.19. The number of likely N-dealkylation sites (tertiary alicyclic amines) is 1. The van der Waals surface area contributed by atoms with Crippen molar-refractivity contribution in [2.45, 2.75) is 44.8 Å². The summed E-state index contributed by atoms with van der Waals surface area (Å²) in [7, 11) is 1.56. The van der Waals surface area contributed by atoms with Crippen molar-refractivity contribution in [3.8, 4) is 5.75 Å².